The van der Waals surface area contributed by atoms with Crippen molar-refractivity contribution in [3.8, 4) is 0 Å². The average Bonchev–Trinajstić information content (AvgIpc) is 2.24. The molecule has 0 bridgehead atoms. The van der Waals surface area contributed by atoms with Crippen LogP contribution in [0.15, 0.2) is 18.2 Å². The maximum atomic E-state index is 13.5. The molecule has 0 atom stereocenters. The van der Waals surface area contributed by atoms with E-state index in [4.69, 9.17) is 5.11 Å². The minimum absolute atomic E-state index is 0.00738. The molecule has 0 saturated carbocycles. The lowest BCUT2D eigenvalue weighted by atomic mass is 10.1. The molecule has 0 aliphatic heterocycles. The molecule has 1 rings (SSSR count). The van der Waals surface area contributed by atoms with Crippen molar-refractivity contribution in [3.63, 3.8) is 0 Å². The number of aliphatic hydroxyl groups excluding tert-OH is 1. The van der Waals surface area contributed by atoms with Crippen molar-refractivity contribution in [1.29, 1.82) is 0 Å². The highest BCUT2D eigenvalue weighted by molar-refractivity contribution is 5.54. The molecule has 0 saturated heterocycles. The molecule has 0 radical (unpaired) electrons. The lowest BCUT2D eigenvalue weighted by Gasteiger charge is -2.26. The van der Waals surface area contributed by atoms with Gasteiger partial charge < -0.3 is 10.0 Å². The third-order valence-electron chi connectivity index (χ3n) is 2.31. The zero-order chi connectivity index (χ0) is 13.1. The highest BCUT2D eigenvalue weighted by atomic mass is 19.4. The summed E-state index contributed by atoms with van der Waals surface area (Å²) in [5.74, 6) is -0.761. The van der Waals surface area contributed by atoms with Crippen molar-refractivity contribution in [3.05, 3.63) is 29.6 Å². The fourth-order valence-electron chi connectivity index (χ4n) is 1.61. The highest BCUT2D eigenvalue weighted by Gasteiger charge is 2.31. The molecule has 1 N–H and O–H groups in total. The van der Waals surface area contributed by atoms with Crippen molar-refractivity contribution < 1.29 is 22.7 Å². The molecule has 0 heterocycles. The summed E-state index contributed by atoms with van der Waals surface area (Å²) < 4.78 is 50.5. The van der Waals surface area contributed by atoms with Crippen LogP contribution in [0.25, 0.3) is 0 Å². The lowest BCUT2D eigenvalue weighted by molar-refractivity contribution is -0.119. The van der Waals surface area contributed by atoms with Crippen LogP contribution in [-0.2, 0) is 6.61 Å². The van der Waals surface area contributed by atoms with Gasteiger partial charge in [0.1, 0.15) is 12.4 Å². The molecule has 0 fully saturated rings. The molecule has 1 aromatic rings. The number of nitrogens with zero attached hydrogens (tertiary/aromatic N) is 1. The molecule has 0 unspecified atom stereocenters. The van der Waals surface area contributed by atoms with E-state index < -0.39 is 25.1 Å². The molecule has 0 aliphatic rings. The van der Waals surface area contributed by atoms with Crippen LogP contribution < -0.4 is 4.90 Å². The Morgan fingerprint density at radius 2 is 1.94 bits per heavy atom. The molecule has 17 heavy (non-hydrogen) atoms. The Morgan fingerprint density at radius 1 is 1.29 bits per heavy atom. The van der Waals surface area contributed by atoms with E-state index in [1.165, 1.54) is 19.1 Å². The van der Waals surface area contributed by atoms with Crippen LogP contribution >= 0.6 is 0 Å². The number of alkyl halides is 3. The Labute approximate surface area is 96.5 Å². The molecule has 0 spiro atoms. The van der Waals surface area contributed by atoms with Crippen LogP contribution in [0.5, 0.6) is 0 Å². The summed E-state index contributed by atoms with van der Waals surface area (Å²) in [5, 5.41) is 9.01. The average molecular weight is 251 g/mol. The van der Waals surface area contributed by atoms with Gasteiger partial charge in [-0.2, -0.15) is 13.2 Å². The van der Waals surface area contributed by atoms with Gasteiger partial charge in [-0.15, -0.1) is 0 Å². The molecule has 6 heteroatoms. The molecular weight excluding hydrogens is 238 g/mol. The first kappa shape index (κ1) is 13.8. The van der Waals surface area contributed by atoms with Gasteiger partial charge in [0, 0.05) is 12.1 Å². The predicted molar refractivity (Wildman–Crippen MR) is 56.3 cm³/mol. The number of aliphatic hydroxyl groups is 1. The van der Waals surface area contributed by atoms with Gasteiger partial charge in [-0.25, -0.2) is 4.39 Å². The third-order valence-corrected chi connectivity index (χ3v) is 2.31. The first-order chi connectivity index (χ1) is 7.89. The van der Waals surface area contributed by atoms with Gasteiger partial charge in [0.05, 0.1) is 12.3 Å². The number of anilines is 1. The second kappa shape index (κ2) is 5.35. The molecule has 0 aromatic heterocycles. The summed E-state index contributed by atoms with van der Waals surface area (Å²) in [4.78, 5) is 0.862. The monoisotopic (exact) mass is 251 g/mol. The maximum Gasteiger partial charge on any atom is 0.405 e. The van der Waals surface area contributed by atoms with E-state index in [-0.39, 0.29) is 17.8 Å². The Hall–Kier alpha value is -1.30. The van der Waals surface area contributed by atoms with Crippen LogP contribution in [0.1, 0.15) is 12.5 Å². The Bertz CT molecular complexity index is 378. The van der Waals surface area contributed by atoms with Gasteiger partial charge >= 0.3 is 6.18 Å². The quantitative estimate of drug-likeness (QED) is 0.832. The number of hydrogen-bond acceptors (Lipinski definition) is 2. The predicted octanol–water partition coefficient (Wildman–Crippen LogP) is 2.71. The van der Waals surface area contributed by atoms with Gasteiger partial charge in [-0.1, -0.05) is 12.1 Å². The molecule has 96 valence electrons. The van der Waals surface area contributed by atoms with Gasteiger partial charge in [0.2, 0.25) is 0 Å². The van der Waals surface area contributed by atoms with E-state index in [1.807, 2.05) is 0 Å². The first-order valence-corrected chi connectivity index (χ1v) is 5.09. The van der Waals surface area contributed by atoms with E-state index in [9.17, 15) is 17.6 Å². The smallest absolute Gasteiger partial charge is 0.392 e. The number of rotatable bonds is 4. The minimum atomic E-state index is -4.41. The third kappa shape index (κ3) is 3.59. The van der Waals surface area contributed by atoms with Crippen molar-refractivity contribution in [2.45, 2.75) is 19.7 Å². The Kier molecular flexibility index (Phi) is 4.34. The first-order valence-electron chi connectivity index (χ1n) is 5.09. The van der Waals surface area contributed by atoms with Crippen molar-refractivity contribution in [2.24, 2.45) is 0 Å². The maximum absolute atomic E-state index is 13.5. The zero-order valence-corrected chi connectivity index (χ0v) is 9.26. The summed E-state index contributed by atoms with van der Waals surface area (Å²) in [6.45, 7) is -0.230. The summed E-state index contributed by atoms with van der Waals surface area (Å²) in [5.41, 5.74) is -0.0362. The fraction of sp³-hybridized carbons (Fsp3) is 0.455. The van der Waals surface area contributed by atoms with Gasteiger partial charge in [-0.3, -0.25) is 0 Å². The lowest BCUT2D eigenvalue weighted by Crippen LogP contribution is -2.35. The molecule has 1 aromatic carbocycles. The van der Waals surface area contributed by atoms with Gasteiger partial charge in [0.25, 0.3) is 0 Å². The largest absolute Gasteiger partial charge is 0.405 e. The van der Waals surface area contributed by atoms with E-state index in [1.54, 1.807) is 0 Å². The molecule has 2 nitrogen and oxygen atoms in total. The number of hydrogen-bond donors (Lipinski definition) is 1. The van der Waals surface area contributed by atoms with Crippen LogP contribution in [0.2, 0.25) is 0 Å². The second-order valence-corrected chi connectivity index (χ2v) is 3.54. The zero-order valence-electron chi connectivity index (χ0n) is 9.26. The SMILES string of the molecule is CCN(CC(F)(F)F)c1c(F)cccc1CO. The molecule has 0 aliphatic carbocycles. The fourth-order valence-corrected chi connectivity index (χ4v) is 1.61. The van der Waals surface area contributed by atoms with Gasteiger partial charge in [-0.05, 0) is 13.0 Å². The number of para-hydroxylation sites is 1. The van der Waals surface area contributed by atoms with E-state index in [0.717, 1.165) is 11.0 Å². The van der Waals surface area contributed by atoms with Crippen LogP contribution in [0.3, 0.4) is 0 Å². The van der Waals surface area contributed by atoms with Crippen LogP contribution in [0.4, 0.5) is 23.2 Å². The second-order valence-electron chi connectivity index (χ2n) is 3.54. The van der Waals surface area contributed by atoms with Gasteiger partial charge in [0.15, 0.2) is 0 Å². The Morgan fingerprint density at radius 3 is 2.41 bits per heavy atom. The number of benzene rings is 1. The summed E-state index contributed by atoms with van der Waals surface area (Å²) in [6, 6.07) is 3.83. The Balaban J connectivity index is 3.11. The van der Waals surface area contributed by atoms with E-state index in [0.29, 0.717) is 0 Å². The number of halogens is 4. The standard InChI is InChI=1S/C11H13F4NO/c1-2-16(7-11(13,14)15)10-8(6-17)4-3-5-9(10)12/h3-5,17H,2,6-7H2,1H3. The van der Waals surface area contributed by atoms with E-state index >= 15 is 0 Å². The summed E-state index contributed by atoms with van der Waals surface area (Å²) >= 11 is 0. The topological polar surface area (TPSA) is 23.5 Å². The highest BCUT2D eigenvalue weighted by Crippen LogP contribution is 2.27. The normalized spacial score (nSPS) is 11.6. The summed E-state index contributed by atoms with van der Waals surface area (Å²) in [6.07, 6.45) is -4.41. The van der Waals surface area contributed by atoms with Crippen molar-refractivity contribution in [2.75, 3.05) is 18.0 Å². The van der Waals surface area contributed by atoms with Crippen LogP contribution in [0, 0.1) is 5.82 Å². The molecular formula is C11H13F4NO. The summed E-state index contributed by atoms with van der Waals surface area (Å²) in [7, 11) is 0. The molecule has 0 amide bonds. The van der Waals surface area contributed by atoms with Crippen LogP contribution in [-0.4, -0.2) is 24.4 Å². The van der Waals surface area contributed by atoms with Crippen molar-refractivity contribution >= 4 is 5.69 Å². The van der Waals surface area contributed by atoms with Crippen molar-refractivity contribution in [1.82, 2.24) is 0 Å². The van der Waals surface area contributed by atoms with E-state index in [2.05, 4.69) is 0 Å². The minimum Gasteiger partial charge on any atom is -0.392 e.